The monoisotopic (exact) mass is 320 g/mol. The van der Waals surface area contributed by atoms with Gasteiger partial charge in [0, 0.05) is 23.7 Å². The molecule has 120 valence electrons. The van der Waals surface area contributed by atoms with E-state index in [9.17, 15) is 4.79 Å². The molecule has 0 spiro atoms. The van der Waals surface area contributed by atoms with Crippen molar-refractivity contribution in [1.29, 1.82) is 0 Å². The van der Waals surface area contributed by atoms with E-state index in [4.69, 9.17) is 4.74 Å². The summed E-state index contributed by atoms with van der Waals surface area (Å²) < 4.78 is 7.01. The molecule has 0 aliphatic rings. The first-order chi connectivity index (χ1) is 11.7. The Hall–Kier alpha value is -3.15. The topological polar surface area (TPSA) is 72.8 Å². The van der Waals surface area contributed by atoms with Crippen LogP contribution in [-0.2, 0) is 6.54 Å². The van der Waals surface area contributed by atoms with Gasteiger partial charge in [-0.05, 0) is 24.6 Å². The molecule has 0 fully saturated rings. The molecule has 0 atom stereocenters. The number of aromatic nitrogens is 4. The Labute approximate surface area is 137 Å². The van der Waals surface area contributed by atoms with Crippen LogP contribution in [-0.4, -0.2) is 26.9 Å². The number of nitrogens with zero attached hydrogens (tertiary/aromatic N) is 3. The van der Waals surface area contributed by atoms with E-state index in [1.54, 1.807) is 30.3 Å². The quantitative estimate of drug-likeness (QED) is 0.630. The lowest BCUT2D eigenvalue weighted by atomic mass is 10.0. The van der Waals surface area contributed by atoms with Gasteiger partial charge in [-0.3, -0.25) is 14.9 Å². The largest absolute Gasteiger partial charge is 0.495 e. The number of benzene rings is 1. The molecular formula is C18H16N4O2. The van der Waals surface area contributed by atoms with Crippen LogP contribution in [0.15, 0.2) is 47.7 Å². The second-order valence-electron chi connectivity index (χ2n) is 5.55. The van der Waals surface area contributed by atoms with Gasteiger partial charge in [0.1, 0.15) is 5.75 Å². The number of H-pyrrole nitrogens is 1. The highest BCUT2D eigenvalue weighted by molar-refractivity contribution is 6.04. The van der Waals surface area contributed by atoms with Gasteiger partial charge in [0.05, 0.1) is 35.9 Å². The van der Waals surface area contributed by atoms with Crippen molar-refractivity contribution in [1.82, 2.24) is 19.7 Å². The lowest BCUT2D eigenvalue weighted by Crippen LogP contribution is -2.19. The minimum Gasteiger partial charge on any atom is -0.495 e. The first-order valence-electron chi connectivity index (χ1n) is 7.72. The van der Waals surface area contributed by atoms with E-state index < -0.39 is 0 Å². The molecular weight excluding hydrogens is 304 g/mol. The van der Waals surface area contributed by atoms with E-state index in [1.165, 1.54) is 0 Å². The van der Waals surface area contributed by atoms with Crippen LogP contribution in [0.1, 0.15) is 6.92 Å². The summed E-state index contributed by atoms with van der Waals surface area (Å²) in [6.45, 7) is 2.56. The van der Waals surface area contributed by atoms with Crippen molar-refractivity contribution in [2.24, 2.45) is 0 Å². The molecule has 4 aromatic rings. The molecule has 0 aliphatic carbocycles. The Morgan fingerprint density at radius 3 is 2.79 bits per heavy atom. The molecule has 0 saturated heterocycles. The fourth-order valence-corrected chi connectivity index (χ4v) is 3.06. The molecule has 3 heterocycles. The van der Waals surface area contributed by atoms with Gasteiger partial charge < -0.3 is 9.30 Å². The molecule has 1 aromatic carbocycles. The Morgan fingerprint density at radius 2 is 2.00 bits per heavy atom. The Balaban J connectivity index is 2.04. The van der Waals surface area contributed by atoms with Crippen molar-refractivity contribution >= 4 is 21.8 Å². The van der Waals surface area contributed by atoms with Crippen molar-refractivity contribution in [2.75, 3.05) is 7.11 Å². The highest BCUT2D eigenvalue weighted by atomic mass is 16.5. The van der Waals surface area contributed by atoms with Crippen LogP contribution in [0.2, 0.25) is 0 Å². The number of nitrogens with one attached hydrogen (secondary N) is 1. The van der Waals surface area contributed by atoms with E-state index in [2.05, 4.69) is 15.2 Å². The summed E-state index contributed by atoms with van der Waals surface area (Å²) in [5, 5.41) is 8.55. The van der Waals surface area contributed by atoms with Crippen molar-refractivity contribution in [3.05, 3.63) is 53.2 Å². The average Bonchev–Trinajstić information content (AvgIpc) is 3.12. The SMILES string of the molecule is CCn1c(=O)c2cn[nH]c2c2ccc(-c3cncc(OC)c3)cc21. The predicted molar refractivity (Wildman–Crippen MR) is 93.3 cm³/mol. The van der Waals surface area contributed by atoms with Gasteiger partial charge in [0.2, 0.25) is 0 Å². The second kappa shape index (κ2) is 5.49. The van der Waals surface area contributed by atoms with E-state index in [-0.39, 0.29) is 5.56 Å². The van der Waals surface area contributed by atoms with Crippen molar-refractivity contribution in [2.45, 2.75) is 13.5 Å². The number of ether oxygens (including phenoxy) is 1. The molecule has 0 aliphatic heterocycles. The number of rotatable bonds is 3. The zero-order valence-electron chi connectivity index (χ0n) is 13.4. The van der Waals surface area contributed by atoms with Gasteiger partial charge >= 0.3 is 0 Å². The maximum atomic E-state index is 12.7. The van der Waals surface area contributed by atoms with Gasteiger partial charge in [-0.2, -0.15) is 5.10 Å². The maximum Gasteiger partial charge on any atom is 0.262 e. The lowest BCUT2D eigenvalue weighted by Gasteiger charge is -2.11. The third-order valence-electron chi connectivity index (χ3n) is 4.27. The average molecular weight is 320 g/mol. The molecule has 24 heavy (non-hydrogen) atoms. The highest BCUT2D eigenvalue weighted by Crippen LogP contribution is 2.28. The molecule has 6 nitrogen and oxygen atoms in total. The standard InChI is InChI=1S/C18H16N4O2/c1-3-22-16-7-11(12-6-13(24-2)9-19-8-12)4-5-14(16)17-15(18(22)23)10-20-21-17/h4-10H,3H2,1-2H3,(H,20,21). The molecule has 3 aromatic heterocycles. The smallest absolute Gasteiger partial charge is 0.262 e. The van der Waals surface area contributed by atoms with E-state index in [1.807, 2.05) is 31.2 Å². The molecule has 0 radical (unpaired) electrons. The van der Waals surface area contributed by atoms with Crippen LogP contribution in [0.4, 0.5) is 0 Å². The zero-order valence-corrected chi connectivity index (χ0v) is 13.4. The molecule has 0 bridgehead atoms. The Bertz CT molecular complexity index is 1110. The molecule has 0 amide bonds. The molecule has 4 rings (SSSR count). The van der Waals surface area contributed by atoms with Gasteiger partial charge in [0.15, 0.2) is 0 Å². The number of fused-ring (bicyclic) bond motifs is 3. The predicted octanol–water partition coefficient (Wildman–Crippen LogP) is 2.97. The van der Waals surface area contributed by atoms with Gasteiger partial charge in [0.25, 0.3) is 5.56 Å². The third-order valence-corrected chi connectivity index (χ3v) is 4.27. The minimum absolute atomic E-state index is 0.0327. The maximum absolute atomic E-state index is 12.7. The first-order valence-corrected chi connectivity index (χ1v) is 7.72. The third kappa shape index (κ3) is 2.07. The van der Waals surface area contributed by atoms with Crippen LogP contribution in [0.5, 0.6) is 5.75 Å². The fraction of sp³-hybridized carbons (Fsp3) is 0.167. The van der Waals surface area contributed by atoms with Gasteiger partial charge in [-0.1, -0.05) is 12.1 Å². The lowest BCUT2D eigenvalue weighted by molar-refractivity contribution is 0.413. The summed E-state index contributed by atoms with van der Waals surface area (Å²) in [5.41, 5.74) is 3.54. The Kier molecular flexibility index (Phi) is 3.30. The van der Waals surface area contributed by atoms with Crippen molar-refractivity contribution in [3.8, 4) is 16.9 Å². The minimum atomic E-state index is -0.0327. The molecule has 6 heteroatoms. The summed E-state index contributed by atoms with van der Waals surface area (Å²) >= 11 is 0. The summed E-state index contributed by atoms with van der Waals surface area (Å²) in [5.74, 6) is 0.699. The number of methoxy groups -OCH3 is 1. The highest BCUT2D eigenvalue weighted by Gasteiger charge is 2.12. The van der Waals surface area contributed by atoms with Crippen molar-refractivity contribution < 1.29 is 4.74 Å². The van der Waals surface area contributed by atoms with E-state index in [0.717, 1.165) is 27.5 Å². The number of hydrogen-bond donors (Lipinski definition) is 1. The van der Waals surface area contributed by atoms with Crippen LogP contribution in [0.25, 0.3) is 32.9 Å². The summed E-state index contributed by atoms with van der Waals surface area (Å²) in [6.07, 6.45) is 5.04. The van der Waals surface area contributed by atoms with Gasteiger partial charge in [-0.15, -0.1) is 0 Å². The molecule has 0 saturated carbocycles. The molecule has 0 unspecified atom stereocenters. The summed E-state index contributed by atoms with van der Waals surface area (Å²) in [6, 6.07) is 7.97. The normalized spacial score (nSPS) is 11.2. The summed E-state index contributed by atoms with van der Waals surface area (Å²) in [4.78, 5) is 16.9. The van der Waals surface area contributed by atoms with Crippen LogP contribution in [0.3, 0.4) is 0 Å². The van der Waals surface area contributed by atoms with Crippen LogP contribution < -0.4 is 10.3 Å². The molecule has 1 N–H and O–H groups in total. The zero-order chi connectivity index (χ0) is 16.7. The van der Waals surface area contributed by atoms with Crippen LogP contribution >= 0.6 is 0 Å². The summed E-state index contributed by atoms with van der Waals surface area (Å²) in [7, 11) is 1.62. The van der Waals surface area contributed by atoms with Crippen LogP contribution in [0, 0.1) is 0 Å². The van der Waals surface area contributed by atoms with E-state index in [0.29, 0.717) is 17.7 Å². The van der Waals surface area contributed by atoms with E-state index >= 15 is 0 Å². The fourth-order valence-electron chi connectivity index (χ4n) is 3.06. The number of pyridine rings is 2. The van der Waals surface area contributed by atoms with Crippen molar-refractivity contribution in [3.63, 3.8) is 0 Å². The Morgan fingerprint density at radius 1 is 1.12 bits per heavy atom. The number of aromatic amines is 1. The first kappa shape index (κ1) is 14.4. The second-order valence-corrected chi connectivity index (χ2v) is 5.55. The van der Waals surface area contributed by atoms with Gasteiger partial charge in [-0.25, -0.2) is 0 Å². The number of aryl methyl sites for hydroxylation is 1. The number of hydrogen-bond acceptors (Lipinski definition) is 4.